The van der Waals surface area contributed by atoms with Crippen LogP contribution in [0.25, 0.3) is 0 Å². The molecule has 2 rings (SSSR count). The highest BCUT2D eigenvalue weighted by atomic mass is 16.3. The molecule has 1 heterocycles. The van der Waals surface area contributed by atoms with E-state index in [-0.39, 0.29) is 6.10 Å². The first-order valence-corrected chi connectivity index (χ1v) is 7.45. The van der Waals surface area contributed by atoms with E-state index in [1.54, 1.807) is 0 Å². The topological polar surface area (TPSA) is 35.5 Å². The van der Waals surface area contributed by atoms with Crippen molar-refractivity contribution in [3.05, 3.63) is 35.9 Å². The molecule has 1 aromatic rings. The Morgan fingerprint density at radius 1 is 1.37 bits per heavy atom. The second-order valence-corrected chi connectivity index (χ2v) is 5.49. The van der Waals surface area contributed by atoms with E-state index in [1.165, 1.54) is 12.8 Å². The highest BCUT2D eigenvalue weighted by Gasteiger charge is 2.18. The quantitative estimate of drug-likeness (QED) is 0.823. The first-order valence-electron chi connectivity index (χ1n) is 7.45. The molecule has 2 N–H and O–H groups in total. The SMILES string of the molecule is CCN(CC1CCCNC1)CC(O)c1ccccc1. The van der Waals surface area contributed by atoms with Crippen molar-refractivity contribution in [2.75, 3.05) is 32.7 Å². The summed E-state index contributed by atoms with van der Waals surface area (Å²) in [4.78, 5) is 2.37. The Morgan fingerprint density at radius 3 is 2.79 bits per heavy atom. The van der Waals surface area contributed by atoms with E-state index in [1.807, 2.05) is 30.3 Å². The third-order valence-corrected chi connectivity index (χ3v) is 3.98. The number of piperidine rings is 1. The van der Waals surface area contributed by atoms with Crippen molar-refractivity contribution in [3.63, 3.8) is 0 Å². The second-order valence-electron chi connectivity index (χ2n) is 5.49. The van der Waals surface area contributed by atoms with Crippen LogP contribution in [0.3, 0.4) is 0 Å². The largest absolute Gasteiger partial charge is 0.387 e. The van der Waals surface area contributed by atoms with Crippen molar-refractivity contribution in [3.8, 4) is 0 Å². The summed E-state index contributed by atoms with van der Waals surface area (Å²) in [5.41, 5.74) is 1.02. The van der Waals surface area contributed by atoms with Crippen LogP contribution in [0.5, 0.6) is 0 Å². The Hall–Kier alpha value is -0.900. The lowest BCUT2D eigenvalue weighted by Gasteiger charge is -2.30. The maximum Gasteiger partial charge on any atom is 0.0916 e. The third-order valence-electron chi connectivity index (χ3n) is 3.98. The predicted octanol–water partition coefficient (Wildman–Crippen LogP) is 2.04. The van der Waals surface area contributed by atoms with Crippen molar-refractivity contribution in [1.29, 1.82) is 0 Å². The van der Waals surface area contributed by atoms with Crippen LogP contribution in [0.1, 0.15) is 31.4 Å². The Morgan fingerprint density at radius 2 is 2.16 bits per heavy atom. The van der Waals surface area contributed by atoms with Gasteiger partial charge in [-0.05, 0) is 44.0 Å². The normalized spacial score (nSPS) is 21.5. The van der Waals surface area contributed by atoms with Gasteiger partial charge in [0.15, 0.2) is 0 Å². The highest BCUT2D eigenvalue weighted by Crippen LogP contribution is 2.16. The van der Waals surface area contributed by atoms with Crippen LogP contribution in [-0.2, 0) is 0 Å². The van der Waals surface area contributed by atoms with E-state index in [9.17, 15) is 5.11 Å². The summed E-state index contributed by atoms with van der Waals surface area (Å²) in [6, 6.07) is 9.96. The van der Waals surface area contributed by atoms with Gasteiger partial charge in [0, 0.05) is 13.1 Å². The number of likely N-dealkylation sites (N-methyl/N-ethyl adjacent to an activating group) is 1. The molecule has 0 spiro atoms. The van der Waals surface area contributed by atoms with Gasteiger partial charge in [-0.15, -0.1) is 0 Å². The monoisotopic (exact) mass is 262 g/mol. The van der Waals surface area contributed by atoms with Gasteiger partial charge in [-0.25, -0.2) is 0 Å². The van der Waals surface area contributed by atoms with Crippen LogP contribution in [-0.4, -0.2) is 42.7 Å². The Balaban J connectivity index is 1.84. The summed E-state index contributed by atoms with van der Waals surface area (Å²) in [6.45, 7) is 7.28. The van der Waals surface area contributed by atoms with Crippen LogP contribution in [0, 0.1) is 5.92 Å². The molecule has 1 saturated heterocycles. The molecule has 19 heavy (non-hydrogen) atoms. The zero-order valence-electron chi connectivity index (χ0n) is 11.9. The average molecular weight is 262 g/mol. The molecule has 1 aromatic carbocycles. The van der Waals surface area contributed by atoms with Gasteiger partial charge >= 0.3 is 0 Å². The minimum Gasteiger partial charge on any atom is -0.387 e. The number of hydrogen-bond acceptors (Lipinski definition) is 3. The first-order chi connectivity index (χ1) is 9.29. The van der Waals surface area contributed by atoms with Crippen molar-refractivity contribution in [2.24, 2.45) is 5.92 Å². The van der Waals surface area contributed by atoms with Crippen LogP contribution >= 0.6 is 0 Å². The summed E-state index contributed by atoms with van der Waals surface area (Å²) in [5, 5.41) is 13.8. The third kappa shape index (κ3) is 4.60. The fourth-order valence-electron chi connectivity index (χ4n) is 2.80. The summed E-state index contributed by atoms with van der Waals surface area (Å²) < 4.78 is 0. The van der Waals surface area contributed by atoms with Crippen molar-refractivity contribution < 1.29 is 5.11 Å². The second kappa shape index (κ2) is 7.63. The molecular formula is C16H26N2O. The Bertz CT molecular complexity index is 349. The molecule has 0 amide bonds. The Labute approximate surface area is 116 Å². The summed E-state index contributed by atoms with van der Waals surface area (Å²) in [7, 11) is 0. The number of aliphatic hydroxyl groups is 1. The van der Waals surface area contributed by atoms with E-state index in [0.717, 1.165) is 44.2 Å². The lowest BCUT2D eigenvalue weighted by atomic mass is 9.98. The molecule has 0 aliphatic carbocycles. The maximum absolute atomic E-state index is 10.3. The fraction of sp³-hybridized carbons (Fsp3) is 0.625. The van der Waals surface area contributed by atoms with Gasteiger partial charge in [0.05, 0.1) is 6.10 Å². The zero-order valence-corrected chi connectivity index (χ0v) is 11.9. The van der Waals surface area contributed by atoms with Gasteiger partial charge in [0.1, 0.15) is 0 Å². The number of aliphatic hydroxyl groups excluding tert-OH is 1. The molecule has 2 atom stereocenters. The fourth-order valence-corrected chi connectivity index (χ4v) is 2.80. The molecule has 1 aliphatic heterocycles. The number of nitrogens with zero attached hydrogens (tertiary/aromatic N) is 1. The van der Waals surface area contributed by atoms with Crippen LogP contribution in [0.15, 0.2) is 30.3 Å². The van der Waals surface area contributed by atoms with Crippen molar-refractivity contribution >= 4 is 0 Å². The lowest BCUT2D eigenvalue weighted by Crippen LogP contribution is -2.39. The number of nitrogens with one attached hydrogen (secondary N) is 1. The smallest absolute Gasteiger partial charge is 0.0916 e. The minimum atomic E-state index is -0.377. The maximum atomic E-state index is 10.3. The molecule has 1 aliphatic rings. The van der Waals surface area contributed by atoms with E-state index < -0.39 is 0 Å². The molecule has 2 unspecified atom stereocenters. The number of rotatable bonds is 6. The molecule has 0 aromatic heterocycles. The molecule has 1 fully saturated rings. The number of hydrogen-bond donors (Lipinski definition) is 2. The van der Waals surface area contributed by atoms with E-state index >= 15 is 0 Å². The van der Waals surface area contributed by atoms with Crippen molar-refractivity contribution in [1.82, 2.24) is 10.2 Å². The first kappa shape index (κ1) is 14.5. The minimum absolute atomic E-state index is 0.377. The van der Waals surface area contributed by atoms with Gasteiger partial charge < -0.3 is 15.3 Å². The number of benzene rings is 1. The van der Waals surface area contributed by atoms with E-state index in [4.69, 9.17) is 0 Å². The summed E-state index contributed by atoms with van der Waals surface area (Å²) in [6.07, 6.45) is 2.21. The Kier molecular flexibility index (Phi) is 5.83. The highest BCUT2D eigenvalue weighted by molar-refractivity contribution is 5.17. The van der Waals surface area contributed by atoms with Gasteiger partial charge in [0.2, 0.25) is 0 Å². The van der Waals surface area contributed by atoms with Gasteiger partial charge in [0.25, 0.3) is 0 Å². The van der Waals surface area contributed by atoms with Gasteiger partial charge in [-0.2, -0.15) is 0 Å². The predicted molar refractivity (Wildman–Crippen MR) is 79.1 cm³/mol. The molecule has 106 valence electrons. The summed E-state index contributed by atoms with van der Waals surface area (Å²) in [5.74, 6) is 0.733. The van der Waals surface area contributed by atoms with E-state index in [2.05, 4.69) is 17.1 Å². The van der Waals surface area contributed by atoms with Gasteiger partial charge in [-0.1, -0.05) is 37.3 Å². The van der Waals surface area contributed by atoms with E-state index in [0.29, 0.717) is 0 Å². The van der Waals surface area contributed by atoms with Crippen molar-refractivity contribution in [2.45, 2.75) is 25.9 Å². The zero-order chi connectivity index (χ0) is 13.5. The average Bonchev–Trinajstić information content (AvgIpc) is 2.48. The molecule has 0 radical (unpaired) electrons. The van der Waals surface area contributed by atoms with Crippen LogP contribution < -0.4 is 5.32 Å². The van der Waals surface area contributed by atoms with Crippen LogP contribution in [0.2, 0.25) is 0 Å². The van der Waals surface area contributed by atoms with Gasteiger partial charge in [-0.3, -0.25) is 0 Å². The summed E-state index contributed by atoms with van der Waals surface area (Å²) >= 11 is 0. The molecule has 0 saturated carbocycles. The molecule has 3 heteroatoms. The molecule has 0 bridgehead atoms. The standard InChI is InChI=1S/C16H26N2O/c1-2-18(12-14-7-6-10-17-11-14)13-16(19)15-8-4-3-5-9-15/h3-5,8-9,14,16-17,19H,2,6-7,10-13H2,1H3. The lowest BCUT2D eigenvalue weighted by molar-refractivity contribution is 0.102. The molecule has 3 nitrogen and oxygen atoms in total. The molecular weight excluding hydrogens is 236 g/mol. The van der Waals surface area contributed by atoms with Crippen LogP contribution in [0.4, 0.5) is 0 Å².